The van der Waals surface area contributed by atoms with Crippen LogP contribution >= 0.6 is 11.6 Å². The quantitative estimate of drug-likeness (QED) is 0.411. The number of aromatic nitrogens is 2. The maximum absolute atomic E-state index is 13.0. The Labute approximate surface area is 184 Å². The third-order valence-electron chi connectivity index (χ3n) is 5.76. The number of carbonyl (C=O) groups excluding carboxylic acids is 1. The molecule has 0 atom stereocenters. The molecule has 2 aromatic heterocycles. The van der Waals surface area contributed by atoms with Gasteiger partial charge in [0.25, 0.3) is 6.43 Å². The molecule has 1 aliphatic carbocycles. The second-order valence-corrected chi connectivity index (χ2v) is 8.17. The number of hydrogen-bond donors (Lipinski definition) is 1. The van der Waals surface area contributed by atoms with E-state index in [1.807, 2.05) is 25.3 Å². The number of fused-ring (bicyclic) bond motifs is 1. The SMILES string of the molecule is CC=[N+](C(=O)c1cccc(Cl)c1)C1CCC(Nc2cccc3nc(C(F)F)cn23)CC1. The van der Waals surface area contributed by atoms with Crippen LogP contribution in [0.1, 0.15) is 55.1 Å². The normalized spacial score (nSPS) is 19.7. The van der Waals surface area contributed by atoms with E-state index in [1.54, 1.807) is 39.3 Å². The largest absolute Gasteiger partial charge is 0.419 e. The Hall–Kier alpha value is -2.80. The lowest BCUT2D eigenvalue weighted by Gasteiger charge is -2.27. The van der Waals surface area contributed by atoms with Crippen LogP contribution in [0.2, 0.25) is 5.02 Å². The molecule has 0 saturated heterocycles. The molecule has 0 aliphatic heterocycles. The van der Waals surface area contributed by atoms with Crippen molar-refractivity contribution in [3.8, 4) is 0 Å². The highest BCUT2D eigenvalue weighted by Crippen LogP contribution is 2.27. The van der Waals surface area contributed by atoms with Crippen molar-refractivity contribution in [2.75, 3.05) is 5.32 Å². The van der Waals surface area contributed by atoms with Gasteiger partial charge >= 0.3 is 5.91 Å². The molecular weight excluding hydrogens is 422 g/mol. The molecular formula is C23H24ClF2N4O+. The minimum absolute atomic E-state index is 0.0517. The second-order valence-electron chi connectivity index (χ2n) is 7.74. The van der Waals surface area contributed by atoms with Gasteiger partial charge in [0.15, 0.2) is 6.04 Å². The summed E-state index contributed by atoms with van der Waals surface area (Å²) in [5.41, 5.74) is 0.840. The molecule has 1 saturated carbocycles. The molecule has 8 heteroatoms. The topological polar surface area (TPSA) is 49.4 Å². The standard InChI is InChI=1S/C23H24ClF2N4O/c1-2-29(23(31)15-5-3-6-16(24)13-15)18-11-9-17(10-12-18)27-20-7-4-8-21-28-19(22(25)26)14-30(20)21/h2-8,13-14,17-18,22,27H,9-12H2,1H3/q+1. The average Bonchev–Trinajstić information content (AvgIpc) is 3.21. The van der Waals surface area contributed by atoms with Crippen LogP contribution in [0, 0.1) is 0 Å². The zero-order chi connectivity index (χ0) is 22.0. The zero-order valence-electron chi connectivity index (χ0n) is 17.1. The summed E-state index contributed by atoms with van der Waals surface area (Å²) < 4.78 is 29.5. The van der Waals surface area contributed by atoms with Crippen LogP contribution in [0.25, 0.3) is 5.65 Å². The van der Waals surface area contributed by atoms with Crippen molar-refractivity contribution in [2.45, 2.75) is 51.1 Å². The molecule has 0 bridgehead atoms. The molecule has 1 fully saturated rings. The maximum atomic E-state index is 13.0. The van der Waals surface area contributed by atoms with E-state index in [1.165, 1.54) is 6.20 Å². The first kappa shape index (κ1) is 21.4. The lowest BCUT2D eigenvalue weighted by Crippen LogP contribution is -2.38. The first-order valence-electron chi connectivity index (χ1n) is 10.4. The van der Waals surface area contributed by atoms with E-state index in [9.17, 15) is 13.6 Å². The lowest BCUT2D eigenvalue weighted by molar-refractivity contribution is -0.473. The summed E-state index contributed by atoms with van der Waals surface area (Å²) >= 11 is 6.04. The molecule has 5 nitrogen and oxygen atoms in total. The summed E-state index contributed by atoms with van der Waals surface area (Å²) in [4.78, 5) is 16.9. The van der Waals surface area contributed by atoms with Crippen LogP contribution < -0.4 is 5.32 Å². The molecule has 0 unspecified atom stereocenters. The third kappa shape index (κ3) is 4.61. The summed E-state index contributed by atoms with van der Waals surface area (Å²) in [7, 11) is 0. The van der Waals surface area contributed by atoms with Gasteiger partial charge in [-0.15, -0.1) is 0 Å². The first-order valence-corrected chi connectivity index (χ1v) is 10.7. The third-order valence-corrected chi connectivity index (χ3v) is 6.00. The van der Waals surface area contributed by atoms with E-state index >= 15 is 0 Å². The predicted molar refractivity (Wildman–Crippen MR) is 118 cm³/mol. The van der Waals surface area contributed by atoms with E-state index in [0.29, 0.717) is 16.2 Å². The molecule has 4 rings (SSSR count). The molecule has 0 radical (unpaired) electrons. The Morgan fingerprint density at radius 1 is 1.23 bits per heavy atom. The number of halogens is 3. The van der Waals surface area contributed by atoms with Crippen molar-refractivity contribution >= 4 is 35.2 Å². The minimum atomic E-state index is -2.60. The molecule has 1 amide bonds. The van der Waals surface area contributed by atoms with Crippen molar-refractivity contribution < 1.29 is 18.2 Å². The van der Waals surface area contributed by atoms with Crippen molar-refractivity contribution in [3.63, 3.8) is 0 Å². The van der Waals surface area contributed by atoms with Gasteiger partial charge < -0.3 is 5.32 Å². The van der Waals surface area contributed by atoms with Gasteiger partial charge in [0, 0.05) is 37.0 Å². The highest BCUT2D eigenvalue weighted by atomic mass is 35.5. The Balaban J connectivity index is 1.43. The number of rotatable bonds is 5. The minimum Gasteiger partial charge on any atom is -0.368 e. The molecule has 0 spiro atoms. The predicted octanol–water partition coefficient (Wildman–Crippen LogP) is 5.59. The van der Waals surface area contributed by atoms with Gasteiger partial charge in [0.05, 0.1) is 5.56 Å². The number of nitrogens with zero attached hydrogens (tertiary/aromatic N) is 3. The number of pyridine rings is 1. The van der Waals surface area contributed by atoms with Crippen LogP contribution in [-0.2, 0) is 0 Å². The Bertz CT molecular complexity index is 1120. The molecule has 1 aromatic carbocycles. The van der Waals surface area contributed by atoms with Gasteiger partial charge in [0.1, 0.15) is 23.4 Å². The molecule has 2 heterocycles. The van der Waals surface area contributed by atoms with Crippen molar-refractivity contribution in [3.05, 3.63) is 64.9 Å². The summed E-state index contributed by atoms with van der Waals surface area (Å²) in [5.74, 6) is 0.693. The maximum Gasteiger partial charge on any atom is 0.419 e. The van der Waals surface area contributed by atoms with Crippen molar-refractivity contribution in [2.24, 2.45) is 0 Å². The van der Waals surface area contributed by atoms with Crippen LogP contribution in [0.3, 0.4) is 0 Å². The van der Waals surface area contributed by atoms with E-state index in [2.05, 4.69) is 10.3 Å². The summed E-state index contributed by atoms with van der Waals surface area (Å²) in [6.07, 6.45) is 4.03. The first-order chi connectivity index (χ1) is 15.0. The highest BCUT2D eigenvalue weighted by Gasteiger charge is 2.33. The molecule has 1 N–H and O–H groups in total. The smallest absolute Gasteiger partial charge is 0.368 e. The van der Waals surface area contributed by atoms with Crippen LogP contribution in [0.4, 0.5) is 14.6 Å². The van der Waals surface area contributed by atoms with Crippen LogP contribution in [0.15, 0.2) is 48.7 Å². The van der Waals surface area contributed by atoms with Gasteiger partial charge in [-0.2, -0.15) is 4.58 Å². The zero-order valence-corrected chi connectivity index (χ0v) is 17.9. The number of imidazole rings is 1. The Morgan fingerprint density at radius 2 is 1.97 bits per heavy atom. The van der Waals surface area contributed by atoms with E-state index in [0.717, 1.165) is 31.5 Å². The van der Waals surface area contributed by atoms with E-state index < -0.39 is 6.43 Å². The number of nitrogens with one attached hydrogen (secondary N) is 1. The lowest BCUT2D eigenvalue weighted by atomic mass is 9.90. The van der Waals surface area contributed by atoms with Gasteiger partial charge in [-0.05, 0) is 43.2 Å². The summed E-state index contributed by atoms with van der Waals surface area (Å²) in [6, 6.07) is 12.7. The van der Waals surface area contributed by atoms with Crippen molar-refractivity contribution in [1.82, 2.24) is 9.38 Å². The molecule has 3 aromatic rings. The number of anilines is 1. The summed E-state index contributed by atoms with van der Waals surface area (Å²) in [5, 5.41) is 4.01. The average molecular weight is 446 g/mol. The number of benzene rings is 1. The number of hydrogen-bond acceptors (Lipinski definition) is 3. The Morgan fingerprint density at radius 3 is 2.65 bits per heavy atom. The fourth-order valence-corrected chi connectivity index (χ4v) is 4.41. The highest BCUT2D eigenvalue weighted by molar-refractivity contribution is 6.30. The van der Waals surface area contributed by atoms with Crippen LogP contribution in [-0.4, -0.2) is 38.2 Å². The van der Waals surface area contributed by atoms with Gasteiger partial charge in [0.2, 0.25) is 0 Å². The van der Waals surface area contributed by atoms with Gasteiger partial charge in [-0.1, -0.05) is 23.7 Å². The fourth-order valence-electron chi connectivity index (χ4n) is 4.22. The van der Waals surface area contributed by atoms with E-state index in [-0.39, 0.29) is 23.7 Å². The van der Waals surface area contributed by atoms with Crippen molar-refractivity contribution in [1.29, 1.82) is 0 Å². The van der Waals surface area contributed by atoms with E-state index in [4.69, 9.17) is 11.6 Å². The number of amides is 1. The monoisotopic (exact) mass is 445 g/mol. The second kappa shape index (κ2) is 9.14. The number of carbonyl (C=O) groups is 1. The molecule has 1 aliphatic rings. The molecule has 162 valence electrons. The van der Waals surface area contributed by atoms with Gasteiger partial charge in [-0.3, -0.25) is 4.40 Å². The fraction of sp³-hybridized carbons (Fsp3) is 0.348. The Kier molecular flexibility index (Phi) is 6.32. The number of alkyl halides is 2. The summed E-state index contributed by atoms with van der Waals surface area (Å²) in [6.45, 7) is 1.87. The molecule has 31 heavy (non-hydrogen) atoms. The van der Waals surface area contributed by atoms with Crippen LogP contribution in [0.5, 0.6) is 0 Å². The van der Waals surface area contributed by atoms with Gasteiger partial charge in [-0.25, -0.2) is 18.6 Å².